The lowest BCUT2D eigenvalue weighted by Gasteiger charge is -2.37. The van der Waals surface area contributed by atoms with Crippen molar-refractivity contribution >= 4 is 21.7 Å². The SMILES string of the molecule is OC1(c2cc3ccccc3cn2)CCN(CCCOc2cccc3[nH]ccc23)CC1. The third-order valence-corrected chi connectivity index (χ3v) is 6.22. The van der Waals surface area contributed by atoms with Gasteiger partial charge in [0.25, 0.3) is 0 Å². The summed E-state index contributed by atoms with van der Waals surface area (Å²) < 4.78 is 6.01. The van der Waals surface area contributed by atoms with Crippen LogP contribution in [0.2, 0.25) is 0 Å². The lowest BCUT2D eigenvalue weighted by Crippen LogP contribution is -2.43. The van der Waals surface area contributed by atoms with Crippen LogP contribution in [0.25, 0.3) is 21.7 Å². The van der Waals surface area contributed by atoms with Crippen LogP contribution in [0.4, 0.5) is 0 Å². The van der Waals surface area contributed by atoms with Gasteiger partial charge in [0.2, 0.25) is 0 Å². The van der Waals surface area contributed by atoms with Gasteiger partial charge in [0.15, 0.2) is 0 Å². The standard InChI is InChI=1S/C25H27N3O2/c29-25(24-17-19-5-1-2-6-20(19)18-27-24)10-14-28(15-11-25)13-4-16-30-23-8-3-7-22-21(23)9-12-26-22/h1-3,5-9,12,17-18,26,29H,4,10-11,13-16H2. The Labute approximate surface area is 176 Å². The van der Waals surface area contributed by atoms with E-state index in [2.05, 4.69) is 39.1 Å². The van der Waals surface area contributed by atoms with Crippen LogP contribution < -0.4 is 4.74 Å². The van der Waals surface area contributed by atoms with Crippen LogP contribution in [0.3, 0.4) is 0 Å². The molecular formula is C25H27N3O2. The van der Waals surface area contributed by atoms with E-state index in [1.165, 1.54) is 0 Å². The maximum Gasteiger partial charge on any atom is 0.128 e. The summed E-state index contributed by atoms with van der Waals surface area (Å²) in [6, 6.07) is 18.4. The Hall–Kier alpha value is -2.89. The van der Waals surface area contributed by atoms with Crippen LogP contribution in [0.5, 0.6) is 5.75 Å². The third-order valence-electron chi connectivity index (χ3n) is 6.22. The van der Waals surface area contributed by atoms with Crippen LogP contribution >= 0.6 is 0 Å². The predicted octanol–water partition coefficient (Wildman–Crippen LogP) is 4.47. The summed E-state index contributed by atoms with van der Waals surface area (Å²) in [6.45, 7) is 3.42. The first-order valence-electron chi connectivity index (χ1n) is 10.7. The summed E-state index contributed by atoms with van der Waals surface area (Å²) in [4.78, 5) is 10.2. The minimum Gasteiger partial charge on any atom is -0.493 e. The molecule has 1 aliphatic heterocycles. The smallest absolute Gasteiger partial charge is 0.128 e. The van der Waals surface area contributed by atoms with E-state index in [1.54, 1.807) is 0 Å². The van der Waals surface area contributed by atoms with E-state index in [0.29, 0.717) is 19.4 Å². The highest BCUT2D eigenvalue weighted by Gasteiger charge is 2.35. The molecule has 5 heteroatoms. The van der Waals surface area contributed by atoms with Gasteiger partial charge in [0.1, 0.15) is 11.4 Å². The fourth-order valence-corrected chi connectivity index (χ4v) is 4.39. The number of rotatable bonds is 6. The average molecular weight is 402 g/mol. The number of fused-ring (bicyclic) bond motifs is 2. The third kappa shape index (κ3) is 3.78. The van der Waals surface area contributed by atoms with Gasteiger partial charge in [-0.15, -0.1) is 0 Å². The second-order valence-electron chi connectivity index (χ2n) is 8.19. The number of aromatic nitrogens is 2. The van der Waals surface area contributed by atoms with Crippen molar-refractivity contribution in [2.24, 2.45) is 0 Å². The highest BCUT2D eigenvalue weighted by Crippen LogP contribution is 2.33. The Kier molecular flexibility index (Phi) is 5.15. The Balaban J connectivity index is 1.13. The summed E-state index contributed by atoms with van der Waals surface area (Å²) in [5.41, 5.74) is 1.06. The second-order valence-corrected chi connectivity index (χ2v) is 8.19. The largest absolute Gasteiger partial charge is 0.493 e. The molecular weight excluding hydrogens is 374 g/mol. The van der Waals surface area contributed by atoms with Crippen LogP contribution in [0.1, 0.15) is 25.0 Å². The molecule has 0 atom stereocenters. The lowest BCUT2D eigenvalue weighted by molar-refractivity contribution is -0.0297. The number of aromatic amines is 1. The topological polar surface area (TPSA) is 61.4 Å². The molecule has 2 aromatic carbocycles. The van der Waals surface area contributed by atoms with Crippen molar-refractivity contribution in [3.63, 3.8) is 0 Å². The van der Waals surface area contributed by atoms with Gasteiger partial charge in [-0.3, -0.25) is 4.98 Å². The molecule has 1 fully saturated rings. The Bertz CT molecular complexity index is 1150. The summed E-state index contributed by atoms with van der Waals surface area (Å²) in [7, 11) is 0. The average Bonchev–Trinajstić information content (AvgIpc) is 3.27. The van der Waals surface area contributed by atoms with E-state index in [4.69, 9.17) is 4.74 Å². The van der Waals surface area contributed by atoms with Gasteiger partial charge >= 0.3 is 0 Å². The predicted molar refractivity (Wildman–Crippen MR) is 120 cm³/mol. The number of likely N-dealkylation sites (tertiary alicyclic amines) is 1. The van der Waals surface area contributed by atoms with Crippen molar-refractivity contribution in [1.82, 2.24) is 14.9 Å². The van der Waals surface area contributed by atoms with Crippen molar-refractivity contribution in [2.75, 3.05) is 26.2 Å². The molecule has 4 aromatic rings. The van der Waals surface area contributed by atoms with E-state index in [1.807, 2.05) is 42.7 Å². The van der Waals surface area contributed by atoms with E-state index in [-0.39, 0.29) is 0 Å². The van der Waals surface area contributed by atoms with Crippen molar-refractivity contribution in [3.8, 4) is 5.75 Å². The molecule has 1 saturated heterocycles. The monoisotopic (exact) mass is 401 g/mol. The first kappa shape index (κ1) is 19.1. The Morgan fingerprint density at radius 2 is 1.87 bits per heavy atom. The van der Waals surface area contributed by atoms with Gasteiger partial charge in [0, 0.05) is 48.3 Å². The fourth-order valence-electron chi connectivity index (χ4n) is 4.39. The number of hydrogen-bond acceptors (Lipinski definition) is 4. The molecule has 0 amide bonds. The van der Waals surface area contributed by atoms with Gasteiger partial charge < -0.3 is 19.7 Å². The zero-order valence-electron chi connectivity index (χ0n) is 17.1. The molecule has 0 unspecified atom stereocenters. The number of aliphatic hydroxyl groups is 1. The Morgan fingerprint density at radius 3 is 2.73 bits per heavy atom. The highest BCUT2D eigenvalue weighted by atomic mass is 16.5. The number of pyridine rings is 1. The van der Waals surface area contributed by atoms with E-state index < -0.39 is 5.60 Å². The summed E-state index contributed by atoms with van der Waals surface area (Å²) in [5.74, 6) is 0.934. The maximum absolute atomic E-state index is 11.2. The number of piperidine rings is 1. The zero-order chi connectivity index (χ0) is 20.4. The molecule has 5 rings (SSSR count). The molecule has 0 aliphatic carbocycles. The summed E-state index contributed by atoms with van der Waals surface area (Å²) in [5, 5.41) is 14.6. The molecule has 3 heterocycles. The van der Waals surface area contributed by atoms with Crippen LogP contribution in [0.15, 0.2) is 67.0 Å². The molecule has 0 saturated carbocycles. The van der Waals surface area contributed by atoms with Gasteiger partial charge in [-0.05, 0) is 48.9 Å². The zero-order valence-corrected chi connectivity index (χ0v) is 17.1. The molecule has 30 heavy (non-hydrogen) atoms. The second kappa shape index (κ2) is 8.09. The van der Waals surface area contributed by atoms with Crippen LogP contribution in [0, 0.1) is 0 Å². The number of H-pyrrole nitrogens is 1. The van der Waals surface area contributed by atoms with Crippen molar-refractivity contribution < 1.29 is 9.84 Å². The van der Waals surface area contributed by atoms with Crippen molar-refractivity contribution in [3.05, 3.63) is 72.7 Å². The highest BCUT2D eigenvalue weighted by molar-refractivity contribution is 5.85. The number of hydrogen-bond donors (Lipinski definition) is 2. The quantitative estimate of drug-likeness (QED) is 0.468. The van der Waals surface area contributed by atoms with Gasteiger partial charge in [-0.2, -0.15) is 0 Å². The van der Waals surface area contributed by atoms with E-state index in [9.17, 15) is 5.11 Å². The van der Waals surface area contributed by atoms with Crippen molar-refractivity contribution in [2.45, 2.75) is 24.9 Å². The number of nitrogens with zero attached hydrogens (tertiary/aromatic N) is 2. The molecule has 0 spiro atoms. The molecule has 2 aromatic heterocycles. The molecule has 154 valence electrons. The molecule has 0 radical (unpaired) electrons. The van der Waals surface area contributed by atoms with Gasteiger partial charge in [0.05, 0.1) is 12.3 Å². The summed E-state index contributed by atoms with van der Waals surface area (Å²) in [6.07, 6.45) is 6.20. The Morgan fingerprint density at radius 1 is 1.03 bits per heavy atom. The van der Waals surface area contributed by atoms with Crippen LogP contribution in [-0.2, 0) is 5.60 Å². The van der Waals surface area contributed by atoms with Crippen molar-refractivity contribution in [1.29, 1.82) is 0 Å². The number of nitrogens with one attached hydrogen (secondary N) is 1. The fraction of sp³-hybridized carbons (Fsp3) is 0.320. The first-order chi connectivity index (χ1) is 14.7. The maximum atomic E-state index is 11.2. The number of ether oxygens (including phenoxy) is 1. The van der Waals surface area contributed by atoms with Gasteiger partial charge in [-0.1, -0.05) is 30.3 Å². The minimum absolute atomic E-state index is 0.692. The van der Waals surface area contributed by atoms with Gasteiger partial charge in [-0.25, -0.2) is 0 Å². The first-order valence-corrected chi connectivity index (χ1v) is 10.7. The molecule has 1 aliphatic rings. The molecule has 2 N–H and O–H groups in total. The normalized spacial score (nSPS) is 16.8. The lowest BCUT2D eigenvalue weighted by atomic mass is 9.87. The summed E-state index contributed by atoms with van der Waals surface area (Å²) >= 11 is 0. The van der Waals surface area contributed by atoms with Crippen LogP contribution in [-0.4, -0.2) is 46.2 Å². The van der Waals surface area contributed by atoms with E-state index in [0.717, 1.165) is 59.2 Å². The van der Waals surface area contributed by atoms with E-state index >= 15 is 0 Å². The molecule has 0 bridgehead atoms. The minimum atomic E-state index is -0.832. The number of benzene rings is 2. The molecule has 5 nitrogen and oxygen atoms in total.